The number of H-pyrrole nitrogens is 3. The molecular weight excluding hydrogens is 498 g/mol. The van der Waals surface area contributed by atoms with E-state index in [0.29, 0.717) is 22.5 Å². The van der Waals surface area contributed by atoms with Gasteiger partial charge in [-0.25, -0.2) is 9.59 Å². The molecule has 0 aliphatic carbocycles. The molecule has 39 heavy (non-hydrogen) atoms. The van der Waals surface area contributed by atoms with Gasteiger partial charge in [0.15, 0.2) is 5.78 Å². The fraction of sp³-hybridized carbons (Fsp3) is 0.300. The first-order valence-electron chi connectivity index (χ1n) is 12.9. The summed E-state index contributed by atoms with van der Waals surface area (Å²) >= 11 is 0. The molecule has 0 aliphatic rings. The summed E-state index contributed by atoms with van der Waals surface area (Å²) in [6.45, 7) is 11.0. The summed E-state index contributed by atoms with van der Waals surface area (Å²) in [6, 6.07) is 5.13. The van der Waals surface area contributed by atoms with Crippen molar-refractivity contribution >= 4 is 50.4 Å². The van der Waals surface area contributed by atoms with Crippen molar-refractivity contribution in [3.63, 3.8) is 0 Å². The lowest BCUT2D eigenvalue weighted by molar-refractivity contribution is 0.0510. The van der Waals surface area contributed by atoms with Crippen LogP contribution in [0.1, 0.15) is 80.1 Å². The molecule has 3 aromatic heterocycles. The Morgan fingerprint density at radius 3 is 2.08 bits per heavy atom. The van der Waals surface area contributed by atoms with Crippen molar-refractivity contribution in [1.29, 1.82) is 0 Å². The van der Waals surface area contributed by atoms with E-state index in [1.54, 1.807) is 32.9 Å². The third-order valence-corrected chi connectivity index (χ3v) is 7.38. The van der Waals surface area contributed by atoms with E-state index >= 15 is 0 Å². The SMILES string of the molecule is CCOC(=O)c1[nH]c(Cc2c3[nH]c(C(=O)OCC)c(C)c3c(C)c3[nH]c4ccc(O)cc4c23)c(C(C)=O)c1C. The average Bonchev–Trinajstić information content (AvgIpc) is 3.53. The van der Waals surface area contributed by atoms with Crippen LogP contribution in [0.25, 0.3) is 32.7 Å². The smallest absolute Gasteiger partial charge is 0.355 e. The number of carbonyl (C=O) groups excluding carboxylic acids is 3. The van der Waals surface area contributed by atoms with Crippen LogP contribution in [-0.2, 0) is 15.9 Å². The highest BCUT2D eigenvalue weighted by atomic mass is 16.5. The van der Waals surface area contributed by atoms with E-state index in [0.717, 1.165) is 49.4 Å². The maximum Gasteiger partial charge on any atom is 0.355 e. The van der Waals surface area contributed by atoms with Crippen molar-refractivity contribution in [3.05, 3.63) is 63.1 Å². The number of phenolic OH excluding ortho intramolecular Hbond substituents is 1. The van der Waals surface area contributed by atoms with Crippen LogP contribution in [0.3, 0.4) is 0 Å². The van der Waals surface area contributed by atoms with Crippen molar-refractivity contribution in [2.45, 2.75) is 48.0 Å². The topological polar surface area (TPSA) is 137 Å². The third kappa shape index (κ3) is 4.05. The van der Waals surface area contributed by atoms with Gasteiger partial charge in [0.2, 0.25) is 0 Å². The molecule has 0 amide bonds. The van der Waals surface area contributed by atoms with E-state index < -0.39 is 11.9 Å². The van der Waals surface area contributed by atoms with Crippen molar-refractivity contribution in [2.75, 3.05) is 13.2 Å². The van der Waals surface area contributed by atoms with Gasteiger partial charge in [-0.05, 0) is 82.0 Å². The molecule has 9 heteroatoms. The number of nitrogens with one attached hydrogen (secondary N) is 3. The number of ketones is 1. The molecule has 0 saturated heterocycles. The minimum absolute atomic E-state index is 0.117. The minimum Gasteiger partial charge on any atom is -0.508 e. The number of aromatic nitrogens is 3. The molecule has 0 aliphatic heterocycles. The maximum atomic E-state index is 12.8. The number of ether oxygens (including phenoxy) is 2. The number of carbonyl (C=O) groups is 3. The number of fused-ring (bicyclic) bond motifs is 4. The summed E-state index contributed by atoms with van der Waals surface area (Å²) in [5.41, 5.74) is 7.04. The Hall–Kier alpha value is -4.53. The van der Waals surface area contributed by atoms with Gasteiger partial charge in [-0.15, -0.1) is 0 Å². The molecule has 5 rings (SSSR count). The number of aromatic hydroxyl groups is 1. The number of hydrogen-bond donors (Lipinski definition) is 4. The van der Waals surface area contributed by atoms with E-state index in [1.165, 1.54) is 6.92 Å². The monoisotopic (exact) mass is 529 g/mol. The zero-order valence-corrected chi connectivity index (χ0v) is 22.8. The molecule has 202 valence electrons. The van der Waals surface area contributed by atoms with Crippen LogP contribution in [0.4, 0.5) is 0 Å². The highest BCUT2D eigenvalue weighted by Gasteiger charge is 2.27. The molecular formula is C30H31N3O6. The number of benzene rings is 2. The average molecular weight is 530 g/mol. The van der Waals surface area contributed by atoms with Crippen LogP contribution in [0.2, 0.25) is 0 Å². The molecule has 5 aromatic rings. The molecule has 2 aromatic carbocycles. The lowest BCUT2D eigenvalue weighted by atomic mass is 9.93. The van der Waals surface area contributed by atoms with Crippen LogP contribution in [0.5, 0.6) is 5.75 Å². The Bertz CT molecular complexity index is 1820. The number of rotatable bonds is 7. The Morgan fingerprint density at radius 2 is 1.46 bits per heavy atom. The summed E-state index contributed by atoms with van der Waals surface area (Å²) in [5, 5.41) is 12.9. The summed E-state index contributed by atoms with van der Waals surface area (Å²) < 4.78 is 10.5. The van der Waals surface area contributed by atoms with Gasteiger partial charge >= 0.3 is 11.9 Å². The van der Waals surface area contributed by atoms with Crippen molar-refractivity contribution in [2.24, 2.45) is 0 Å². The summed E-state index contributed by atoms with van der Waals surface area (Å²) in [7, 11) is 0. The lowest BCUT2D eigenvalue weighted by Gasteiger charge is -2.11. The Labute approximate surface area is 224 Å². The normalized spacial score (nSPS) is 11.5. The van der Waals surface area contributed by atoms with Crippen molar-refractivity contribution < 1.29 is 29.0 Å². The molecule has 0 atom stereocenters. The van der Waals surface area contributed by atoms with E-state index in [2.05, 4.69) is 15.0 Å². The van der Waals surface area contributed by atoms with E-state index in [9.17, 15) is 19.5 Å². The molecule has 0 bridgehead atoms. The third-order valence-electron chi connectivity index (χ3n) is 7.38. The predicted octanol–water partition coefficient (Wildman–Crippen LogP) is 5.91. The van der Waals surface area contributed by atoms with Crippen LogP contribution in [0, 0.1) is 20.8 Å². The van der Waals surface area contributed by atoms with E-state index in [1.807, 2.05) is 19.9 Å². The number of Topliss-reactive ketones (excluding diaryl/α,β-unsaturated/α-hetero) is 1. The van der Waals surface area contributed by atoms with E-state index in [4.69, 9.17) is 9.47 Å². The van der Waals surface area contributed by atoms with Crippen molar-refractivity contribution in [3.8, 4) is 5.75 Å². The Kier molecular flexibility index (Phi) is 6.46. The highest BCUT2D eigenvalue weighted by molar-refractivity contribution is 6.18. The fourth-order valence-corrected chi connectivity index (χ4v) is 5.75. The maximum absolute atomic E-state index is 12.8. The quantitative estimate of drug-likeness (QED) is 0.153. The largest absolute Gasteiger partial charge is 0.508 e. The number of aryl methyl sites for hydroxylation is 2. The second kappa shape index (κ2) is 9.65. The summed E-state index contributed by atoms with van der Waals surface area (Å²) in [6.07, 6.45) is 0.243. The predicted molar refractivity (Wildman–Crippen MR) is 149 cm³/mol. The molecule has 0 spiro atoms. The number of phenols is 1. The van der Waals surface area contributed by atoms with Crippen LogP contribution < -0.4 is 0 Å². The highest BCUT2D eigenvalue weighted by Crippen LogP contribution is 2.41. The number of esters is 2. The Morgan fingerprint density at radius 1 is 0.821 bits per heavy atom. The van der Waals surface area contributed by atoms with Crippen LogP contribution in [-0.4, -0.2) is 51.0 Å². The number of hydrogen-bond acceptors (Lipinski definition) is 6. The first-order valence-corrected chi connectivity index (χ1v) is 12.9. The van der Waals surface area contributed by atoms with Gasteiger partial charge in [-0.1, -0.05) is 0 Å². The second-order valence-corrected chi connectivity index (χ2v) is 9.74. The summed E-state index contributed by atoms with van der Waals surface area (Å²) in [5.74, 6) is -1.04. The first-order chi connectivity index (χ1) is 18.6. The number of aromatic amines is 3. The molecule has 0 radical (unpaired) electrons. The lowest BCUT2D eigenvalue weighted by Crippen LogP contribution is -2.07. The molecule has 4 N–H and O–H groups in total. The molecule has 3 heterocycles. The van der Waals surface area contributed by atoms with Gasteiger partial charge in [-0.2, -0.15) is 0 Å². The second-order valence-electron chi connectivity index (χ2n) is 9.74. The zero-order valence-electron chi connectivity index (χ0n) is 22.8. The minimum atomic E-state index is -0.528. The van der Waals surface area contributed by atoms with Crippen LogP contribution in [0.15, 0.2) is 18.2 Å². The summed E-state index contributed by atoms with van der Waals surface area (Å²) in [4.78, 5) is 48.3. The molecule has 0 fully saturated rings. The molecule has 0 saturated carbocycles. The molecule has 9 nitrogen and oxygen atoms in total. The van der Waals surface area contributed by atoms with Crippen molar-refractivity contribution in [1.82, 2.24) is 15.0 Å². The standard InChI is InChI=1S/C30H31N3O6/c1-7-38-29(36)26-15(5)23(16(6)34)21(32-26)12-19-24-18-11-17(35)9-10-20(18)31-25(24)13(3)22-14(4)27(33-28(19)22)30(37)39-8-2/h9-11,31-33,35H,7-8,12H2,1-6H3. The van der Waals surface area contributed by atoms with Gasteiger partial charge in [0.05, 0.1) is 24.2 Å². The van der Waals surface area contributed by atoms with Gasteiger partial charge in [0, 0.05) is 39.4 Å². The first kappa shape index (κ1) is 26.1. The van der Waals surface area contributed by atoms with Gasteiger partial charge in [0.1, 0.15) is 17.1 Å². The van der Waals surface area contributed by atoms with E-state index in [-0.39, 0.29) is 36.9 Å². The van der Waals surface area contributed by atoms with Gasteiger partial charge < -0.3 is 29.5 Å². The zero-order chi connectivity index (χ0) is 28.2. The Balaban J connectivity index is 1.87. The van der Waals surface area contributed by atoms with Gasteiger partial charge in [0.25, 0.3) is 0 Å². The van der Waals surface area contributed by atoms with Gasteiger partial charge in [-0.3, -0.25) is 4.79 Å². The van der Waals surface area contributed by atoms with Crippen LogP contribution >= 0.6 is 0 Å². The fourth-order valence-electron chi connectivity index (χ4n) is 5.75. The molecule has 0 unspecified atom stereocenters.